The molecule has 2 aromatic carbocycles. The van der Waals surface area contributed by atoms with Gasteiger partial charge in [0.05, 0.1) is 9.77 Å². The molecule has 1 aromatic heterocycles. The third-order valence-electron chi connectivity index (χ3n) is 4.21. The van der Waals surface area contributed by atoms with E-state index in [4.69, 9.17) is 0 Å². The van der Waals surface area contributed by atoms with Gasteiger partial charge in [-0.05, 0) is 42.1 Å². The van der Waals surface area contributed by atoms with E-state index < -0.39 is 21.8 Å². The molecule has 0 saturated heterocycles. The molecule has 9 heteroatoms. The predicted molar refractivity (Wildman–Crippen MR) is 109 cm³/mol. The SMILES string of the molecule is Cc1c(C(=O)NNC(=O)c2cccc(S(=O)(=O)N(C)C)c2)sc2ccccc12. The lowest BCUT2D eigenvalue weighted by molar-refractivity contribution is 0.0848. The van der Waals surface area contributed by atoms with Crippen LogP contribution in [0, 0.1) is 6.92 Å². The molecule has 0 aliphatic rings. The fourth-order valence-electron chi connectivity index (χ4n) is 2.64. The van der Waals surface area contributed by atoms with Crippen molar-refractivity contribution in [3.8, 4) is 0 Å². The molecular formula is C19H19N3O4S2. The van der Waals surface area contributed by atoms with Crippen LogP contribution >= 0.6 is 11.3 Å². The summed E-state index contributed by atoms with van der Waals surface area (Å²) >= 11 is 1.34. The van der Waals surface area contributed by atoms with Crippen LogP contribution in [0.25, 0.3) is 10.1 Å². The van der Waals surface area contributed by atoms with Crippen LogP contribution in [-0.2, 0) is 10.0 Å². The lowest BCUT2D eigenvalue weighted by Gasteiger charge is -2.12. The van der Waals surface area contributed by atoms with Crippen molar-refractivity contribution in [3.63, 3.8) is 0 Å². The van der Waals surface area contributed by atoms with Crippen LogP contribution in [-0.4, -0.2) is 38.6 Å². The molecule has 2 amide bonds. The number of benzene rings is 2. The Labute approximate surface area is 167 Å². The van der Waals surface area contributed by atoms with Gasteiger partial charge in [0.25, 0.3) is 11.8 Å². The third kappa shape index (κ3) is 3.77. The number of nitrogens with zero attached hydrogens (tertiary/aromatic N) is 1. The highest BCUT2D eigenvalue weighted by Gasteiger charge is 2.20. The number of sulfonamides is 1. The summed E-state index contributed by atoms with van der Waals surface area (Å²) in [6.07, 6.45) is 0. The minimum absolute atomic E-state index is 0.00294. The van der Waals surface area contributed by atoms with Crippen molar-refractivity contribution in [1.29, 1.82) is 0 Å². The summed E-state index contributed by atoms with van der Waals surface area (Å²) in [7, 11) is -0.835. The van der Waals surface area contributed by atoms with Crippen LogP contribution < -0.4 is 10.9 Å². The zero-order valence-electron chi connectivity index (χ0n) is 15.5. The van der Waals surface area contributed by atoms with Gasteiger partial charge in [-0.15, -0.1) is 11.3 Å². The Morgan fingerprint density at radius 1 is 0.964 bits per heavy atom. The maximum absolute atomic E-state index is 12.5. The number of rotatable bonds is 4. The quantitative estimate of drug-likeness (QED) is 0.638. The number of amides is 2. The maximum atomic E-state index is 12.5. The normalized spacial score (nSPS) is 11.6. The summed E-state index contributed by atoms with van der Waals surface area (Å²) in [5.41, 5.74) is 5.69. The minimum atomic E-state index is -3.66. The molecule has 0 saturated carbocycles. The van der Waals surface area contributed by atoms with E-state index in [9.17, 15) is 18.0 Å². The molecule has 0 spiro atoms. The number of carbonyl (C=O) groups is 2. The molecule has 3 aromatic rings. The fraction of sp³-hybridized carbons (Fsp3) is 0.158. The molecule has 0 aliphatic carbocycles. The monoisotopic (exact) mass is 417 g/mol. The Bertz CT molecular complexity index is 1170. The minimum Gasteiger partial charge on any atom is -0.267 e. The Hall–Kier alpha value is -2.75. The second-order valence-corrected chi connectivity index (χ2v) is 9.48. The van der Waals surface area contributed by atoms with Crippen LogP contribution in [0.15, 0.2) is 53.4 Å². The molecule has 3 rings (SSSR count). The van der Waals surface area contributed by atoms with Crippen LogP contribution in [0.3, 0.4) is 0 Å². The highest BCUT2D eigenvalue weighted by molar-refractivity contribution is 7.89. The number of hydrogen-bond acceptors (Lipinski definition) is 5. The van der Waals surface area contributed by atoms with Crippen LogP contribution in [0.5, 0.6) is 0 Å². The van der Waals surface area contributed by atoms with Gasteiger partial charge in [0, 0.05) is 24.4 Å². The van der Waals surface area contributed by atoms with Crippen molar-refractivity contribution in [2.75, 3.05) is 14.1 Å². The highest BCUT2D eigenvalue weighted by atomic mass is 32.2. The largest absolute Gasteiger partial charge is 0.280 e. The van der Waals surface area contributed by atoms with E-state index in [1.165, 1.54) is 49.7 Å². The summed E-state index contributed by atoms with van der Waals surface area (Å²) in [6.45, 7) is 1.85. The van der Waals surface area contributed by atoms with E-state index in [0.29, 0.717) is 4.88 Å². The van der Waals surface area contributed by atoms with Crippen LogP contribution in [0.2, 0.25) is 0 Å². The molecule has 2 N–H and O–H groups in total. The van der Waals surface area contributed by atoms with E-state index in [-0.39, 0.29) is 10.5 Å². The number of thiophene rings is 1. The molecule has 146 valence electrons. The Kier molecular flexibility index (Phi) is 5.50. The smallest absolute Gasteiger partial charge is 0.267 e. The molecule has 0 fully saturated rings. The number of hydrogen-bond donors (Lipinski definition) is 2. The Morgan fingerprint density at radius 2 is 1.64 bits per heavy atom. The van der Waals surface area contributed by atoms with Gasteiger partial charge >= 0.3 is 0 Å². The van der Waals surface area contributed by atoms with E-state index in [1.54, 1.807) is 0 Å². The molecule has 0 atom stereocenters. The van der Waals surface area contributed by atoms with E-state index >= 15 is 0 Å². The summed E-state index contributed by atoms with van der Waals surface area (Å²) < 4.78 is 26.5. The van der Waals surface area contributed by atoms with Crippen molar-refractivity contribution in [3.05, 3.63) is 64.5 Å². The van der Waals surface area contributed by atoms with Gasteiger partial charge in [-0.1, -0.05) is 24.3 Å². The number of carbonyl (C=O) groups excluding carboxylic acids is 2. The van der Waals surface area contributed by atoms with Crippen molar-refractivity contribution in [2.24, 2.45) is 0 Å². The van der Waals surface area contributed by atoms with Crippen molar-refractivity contribution >= 4 is 43.3 Å². The molecule has 7 nitrogen and oxygen atoms in total. The number of aryl methyl sites for hydroxylation is 1. The lowest BCUT2D eigenvalue weighted by atomic mass is 10.1. The molecule has 0 bridgehead atoms. The van der Waals surface area contributed by atoms with Gasteiger partial charge in [-0.3, -0.25) is 20.4 Å². The highest BCUT2D eigenvalue weighted by Crippen LogP contribution is 2.30. The molecule has 0 aliphatic heterocycles. The second kappa shape index (κ2) is 7.70. The van der Waals surface area contributed by atoms with E-state index in [0.717, 1.165) is 20.0 Å². The topological polar surface area (TPSA) is 95.6 Å². The number of hydrazine groups is 1. The predicted octanol–water partition coefficient (Wildman–Crippen LogP) is 2.53. The first-order valence-electron chi connectivity index (χ1n) is 8.33. The zero-order chi connectivity index (χ0) is 20.5. The summed E-state index contributed by atoms with van der Waals surface area (Å²) in [4.78, 5) is 25.3. The van der Waals surface area contributed by atoms with Crippen LogP contribution in [0.1, 0.15) is 25.6 Å². The van der Waals surface area contributed by atoms with E-state index in [1.807, 2.05) is 31.2 Å². The Morgan fingerprint density at radius 3 is 2.32 bits per heavy atom. The van der Waals surface area contributed by atoms with Crippen LogP contribution in [0.4, 0.5) is 0 Å². The molecule has 0 radical (unpaired) electrons. The Balaban J connectivity index is 1.75. The first kappa shape index (κ1) is 20.0. The van der Waals surface area contributed by atoms with Gasteiger partial charge in [-0.2, -0.15) is 0 Å². The van der Waals surface area contributed by atoms with Gasteiger partial charge in [0.1, 0.15) is 0 Å². The van der Waals surface area contributed by atoms with Gasteiger partial charge in [0.15, 0.2) is 0 Å². The van der Waals surface area contributed by atoms with E-state index in [2.05, 4.69) is 10.9 Å². The van der Waals surface area contributed by atoms with Crippen molar-refractivity contribution in [1.82, 2.24) is 15.2 Å². The average molecular weight is 418 g/mol. The van der Waals surface area contributed by atoms with Crippen molar-refractivity contribution < 1.29 is 18.0 Å². The lowest BCUT2D eigenvalue weighted by Crippen LogP contribution is -2.41. The molecule has 28 heavy (non-hydrogen) atoms. The second-order valence-electron chi connectivity index (χ2n) is 6.28. The summed E-state index contributed by atoms with van der Waals surface area (Å²) in [6, 6.07) is 13.3. The average Bonchev–Trinajstić information content (AvgIpc) is 3.03. The standard InChI is InChI=1S/C19H19N3O4S2/c1-12-15-9-4-5-10-16(15)27-17(12)19(24)21-20-18(23)13-7-6-8-14(11-13)28(25,26)22(2)3/h4-11H,1-3H3,(H,20,23)(H,21,24). The maximum Gasteiger partial charge on any atom is 0.280 e. The molecular weight excluding hydrogens is 398 g/mol. The van der Waals surface area contributed by atoms with Gasteiger partial charge < -0.3 is 0 Å². The molecule has 0 unspecified atom stereocenters. The molecule has 1 heterocycles. The summed E-state index contributed by atoms with van der Waals surface area (Å²) in [5.74, 6) is -1.04. The van der Waals surface area contributed by atoms with Gasteiger partial charge in [-0.25, -0.2) is 12.7 Å². The fourth-order valence-corrected chi connectivity index (χ4v) is 4.69. The number of fused-ring (bicyclic) bond motifs is 1. The zero-order valence-corrected chi connectivity index (χ0v) is 17.1. The first-order chi connectivity index (χ1) is 13.2. The first-order valence-corrected chi connectivity index (χ1v) is 10.6. The van der Waals surface area contributed by atoms with Gasteiger partial charge in [0.2, 0.25) is 10.0 Å². The summed E-state index contributed by atoms with van der Waals surface area (Å²) in [5, 5.41) is 0.991. The third-order valence-corrected chi connectivity index (χ3v) is 7.30. The number of nitrogens with one attached hydrogen (secondary N) is 2. The van der Waals surface area contributed by atoms with Crippen molar-refractivity contribution in [2.45, 2.75) is 11.8 Å².